The Bertz CT molecular complexity index is 371. The normalized spacial score (nSPS) is 11.5. The van der Waals surface area contributed by atoms with Gasteiger partial charge in [0.05, 0.1) is 0 Å². The van der Waals surface area contributed by atoms with E-state index < -0.39 is 0 Å². The van der Waals surface area contributed by atoms with E-state index in [1.165, 1.54) is 10.4 Å². The molecule has 0 radical (unpaired) electrons. The van der Waals surface area contributed by atoms with Crippen molar-refractivity contribution in [1.29, 1.82) is 0 Å². The fourth-order valence-corrected chi connectivity index (χ4v) is 2.87. The summed E-state index contributed by atoms with van der Waals surface area (Å²) in [4.78, 5) is 12.9. The zero-order valence-corrected chi connectivity index (χ0v) is 11.7. The molecular formula is C13H22N2OS. The van der Waals surface area contributed by atoms with Crippen LogP contribution in [0.25, 0.3) is 0 Å². The van der Waals surface area contributed by atoms with Gasteiger partial charge < -0.3 is 11.1 Å². The summed E-state index contributed by atoms with van der Waals surface area (Å²) in [7, 11) is 0. The molecule has 1 aromatic heterocycles. The number of amides is 1. The van der Waals surface area contributed by atoms with Gasteiger partial charge in [0.15, 0.2) is 0 Å². The van der Waals surface area contributed by atoms with Crippen LogP contribution in [0.1, 0.15) is 37.1 Å². The largest absolute Gasteiger partial charge is 0.355 e. The van der Waals surface area contributed by atoms with Crippen molar-refractivity contribution in [2.75, 3.05) is 13.1 Å². The molecule has 0 bridgehead atoms. The minimum absolute atomic E-state index is 0.00335. The van der Waals surface area contributed by atoms with E-state index in [0.29, 0.717) is 19.5 Å². The average Bonchev–Trinajstić information content (AvgIpc) is 2.71. The quantitative estimate of drug-likeness (QED) is 0.817. The number of thiophene rings is 1. The molecule has 3 N–H and O–H groups in total. The highest BCUT2D eigenvalue weighted by Gasteiger charge is 2.24. The standard InChI is InChI=1S/C13H22N2OS/c1-10-6-8-17-12(10)13(2,3)9-15-11(16)5-4-7-14/h6,8H,4-5,7,9,14H2,1-3H3,(H,15,16). The highest BCUT2D eigenvalue weighted by molar-refractivity contribution is 7.10. The van der Waals surface area contributed by atoms with Gasteiger partial charge in [-0.25, -0.2) is 0 Å². The first-order valence-corrected chi connectivity index (χ1v) is 6.86. The van der Waals surface area contributed by atoms with Gasteiger partial charge in [0, 0.05) is 23.3 Å². The molecule has 17 heavy (non-hydrogen) atoms. The monoisotopic (exact) mass is 254 g/mol. The summed E-state index contributed by atoms with van der Waals surface area (Å²) in [5.41, 5.74) is 6.68. The van der Waals surface area contributed by atoms with Gasteiger partial charge in [0.25, 0.3) is 0 Å². The van der Waals surface area contributed by atoms with Crippen LogP contribution in [0.4, 0.5) is 0 Å². The summed E-state index contributed by atoms with van der Waals surface area (Å²) in [6, 6.07) is 2.12. The van der Waals surface area contributed by atoms with E-state index in [-0.39, 0.29) is 11.3 Å². The van der Waals surface area contributed by atoms with Crippen LogP contribution in [0.5, 0.6) is 0 Å². The molecule has 1 heterocycles. The smallest absolute Gasteiger partial charge is 0.220 e. The molecule has 0 spiro atoms. The van der Waals surface area contributed by atoms with Gasteiger partial charge in [-0.05, 0) is 36.9 Å². The highest BCUT2D eigenvalue weighted by Crippen LogP contribution is 2.30. The van der Waals surface area contributed by atoms with Crippen molar-refractivity contribution in [3.05, 3.63) is 21.9 Å². The molecule has 96 valence electrons. The summed E-state index contributed by atoms with van der Waals surface area (Å²) in [5, 5.41) is 5.09. The second kappa shape index (κ2) is 6.17. The van der Waals surface area contributed by atoms with E-state index in [9.17, 15) is 4.79 Å². The summed E-state index contributed by atoms with van der Waals surface area (Å²) in [5.74, 6) is 0.0951. The lowest BCUT2D eigenvalue weighted by Crippen LogP contribution is -2.36. The Morgan fingerprint density at radius 1 is 1.53 bits per heavy atom. The van der Waals surface area contributed by atoms with Crippen molar-refractivity contribution >= 4 is 17.2 Å². The highest BCUT2D eigenvalue weighted by atomic mass is 32.1. The van der Waals surface area contributed by atoms with Crippen LogP contribution in [0.15, 0.2) is 11.4 Å². The molecule has 1 rings (SSSR count). The number of hydrogen-bond acceptors (Lipinski definition) is 3. The molecule has 4 heteroatoms. The van der Waals surface area contributed by atoms with Gasteiger partial charge in [-0.3, -0.25) is 4.79 Å². The van der Waals surface area contributed by atoms with Crippen LogP contribution in [0, 0.1) is 6.92 Å². The Hall–Kier alpha value is -0.870. The van der Waals surface area contributed by atoms with Gasteiger partial charge in [-0.2, -0.15) is 0 Å². The lowest BCUT2D eigenvalue weighted by atomic mass is 9.89. The Balaban J connectivity index is 2.50. The predicted octanol–water partition coefficient (Wildman–Crippen LogP) is 2.19. The Morgan fingerprint density at radius 3 is 2.76 bits per heavy atom. The number of nitrogens with one attached hydrogen (secondary N) is 1. The summed E-state index contributed by atoms with van der Waals surface area (Å²) in [6.07, 6.45) is 1.28. The fraction of sp³-hybridized carbons (Fsp3) is 0.615. The average molecular weight is 254 g/mol. The van der Waals surface area contributed by atoms with Crippen LogP contribution in [-0.4, -0.2) is 19.0 Å². The Kier molecular flexibility index (Phi) is 5.15. The lowest BCUT2D eigenvalue weighted by molar-refractivity contribution is -0.121. The molecule has 0 saturated heterocycles. The fourth-order valence-electron chi connectivity index (χ4n) is 1.82. The molecule has 0 fully saturated rings. The minimum atomic E-state index is -0.00335. The maximum atomic E-state index is 11.5. The van der Waals surface area contributed by atoms with E-state index in [4.69, 9.17) is 5.73 Å². The lowest BCUT2D eigenvalue weighted by Gasteiger charge is -2.25. The maximum absolute atomic E-state index is 11.5. The van der Waals surface area contributed by atoms with Crippen molar-refractivity contribution < 1.29 is 4.79 Å². The van der Waals surface area contributed by atoms with Gasteiger partial charge in [0.2, 0.25) is 5.91 Å². The summed E-state index contributed by atoms with van der Waals surface area (Å²) in [6.45, 7) is 7.69. The zero-order valence-electron chi connectivity index (χ0n) is 10.9. The molecule has 0 aromatic carbocycles. The van der Waals surface area contributed by atoms with Crippen molar-refractivity contribution in [2.45, 2.75) is 39.0 Å². The molecule has 0 saturated carbocycles. The van der Waals surface area contributed by atoms with E-state index >= 15 is 0 Å². The molecule has 0 aliphatic carbocycles. The number of aryl methyl sites for hydroxylation is 1. The maximum Gasteiger partial charge on any atom is 0.220 e. The van der Waals surface area contributed by atoms with Crippen molar-refractivity contribution in [3.8, 4) is 0 Å². The third kappa shape index (κ3) is 4.13. The van der Waals surface area contributed by atoms with E-state index in [2.05, 4.69) is 37.5 Å². The first-order valence-electron chi connectivity index (χ1n) is 5.98. The second-order valence-electron chi connectivity index (χ2n) is 4.99. The number of nitrogens with two attached hydrogens (primary N) is 1. The molecule has 0 aliphatic rings. The molecule has 0 aliphatic heterocycles. The van der Waals surface area contributed by atoms with E-state index in [0.717, 1.165) is 6.42 Å². The summed E-state index contributed by atoms with van der Waals surface area (Å²) < 4.78 is 0. The first-order chi connectivity index (χ1) is 7.97. The van der Waals surface area contributed by atoms with Crippen LogP contribution < -0.4 is 11.1 Å². The number of carbonyl (C=O) groups is 1. The van der Waals surface area contributed by atoms with E-state index in [1.54, 1.807) is 11.3 Å². The van der Waals surface area contributed by atoms with Crippen LogP contribution in [0.3, 0.4) is 0 Å². The molecule has 3 nitrogen and oxygen atoms in total. The van der Waals surface area contributed by atoms with Gasteiger partial charge >= 0.3 is 0 Å². The number of rotatable bonds is 6. The first kappa shape index (κ1) is 14.2. The topological polar surface area (TPSA) is 55.1 Å². The molecule has 1 aromatic rings. The SMILES string of the molecule is Cc1ccsc1C(C)(C)CNC(=O)CCCN. The molecule has 0 atom stereocenters. The molecule has 0 unspecified atom stereocenters. The van der Waals surface area contributed by atoms with Gasteiger partial charge in [-0.15, -0.1) is 11.3 Å². The third-order valence-electron chi connectivity index (χ3n) is 2.81. The number of carbonyl (C=O) groups excluding carboxylic acids is 1. The molecule has 1 amide bonds. The predicted molar refractivity (Wildman–Crippen MR) is 73.4 cm³/mol. The van der Waals surface area contributed by atoms with Crippen LogP contribution in [0.2, 0.25) is 0 Å². The van der Waals surface area contributed by atoms with Crippen LogP contribution in [-0.2, 0) is 10.2 Å². The Morgan fingerprint density at radius 2 is 2.24 bits per heavy atom. The van der Waals surface area contributed by atoms with E-state index in [1.807, 2.05) is 0 Å². The van der Waals surface area contributed by atoms with Crippen molar-refractivity contribution in [2.24, 2.45) is 5.73 Å². The molecular weight excluding hydrogens is 232 g/mol. The summed E-state index contributed by atoms with van der Waals surface area (Å²) >= 11 is 1.75. The van der Waals surface area contributed by atoms with Gasteiger partial charge in [0.1, 0.15) is 0 Å². The Labute approximate surface area is 107 Å². The van der Waals surface area contributed by atoms with Crippen molar-refractivity contribution in [1.82, 2.24) is 5.32 Å². The second-order valence-corrected chi connectivity index (χ2v) is 5.90. The van der Waals surface area contributed by atoms with Crippen LogP contribution >= 0.6 is 11.3 Å². The number of hydrogen-bond donors (Lipinski definition) is 2. The zero-order chi connectivity index (χ0) is 12.9. The van der Waals surface area contributed by atoms with Gasteiger partial charge in [-0.1, -0.05) is 13.8 Å². The minimum Gasteiger partial charge on any atom is -0.355 e. The third-order valence-corrected chi connectivity index (χ3v) is 4.19. The van der Waals surface area contributed by atoms with Crippen molar-refractivity contribution in [3.63, 3.8) is 0 Å².